The minimum Gasteiger partial charge on any atom is -0.496 e. The van der Waals surface area contributed by atoms with Crippen molar-refractivity contribution in [3.05, 3.63) is 29.8 Å². The van der Waals surface area contributed by atoms with Crippen LogP contribution in [0.3, 0.4) is 0 Å². The molecule has 22 heavy (non-hydrogen) atoms. The highest BCUT2D eigenvalue weighted by Gasteiger charge is 2.45. The van der Waals surface area contributed by atoms with Crippen molar-refractivity contribution in [2.24, 2.45) is 10.9 Å². The Labute approximate surface area is 136 Å². The van der Waals surface area contributed by atoms with Crippen molar-refractivity contribution in [1.82, 2.24) is 5.32 Å². The maximum absolute atomic E-state index is 12.3. The number of hydrogen-bond acceptors (Lipinski definition) is 4. The molecule has 1 N–H and O–H groups in total. The van der Waals surface area contributed by atoms with E-state index in [0.717, 1.165) is 11.3 Å². The SMILES string of the molecule is COc1ccccc1C(C)(C)N=C1NC(=O)C(C)(C(C)C)S1. The second kappa shape index (κ2) is 5.95. The van der Waals surface area contributed by atoms with Crippen LogP contribution < -0.4 is 10.1 Å². The van der Waals surface area contributed by atoms with Crippen LogP contribution in [0.25, 0.3) is 0 Å². The van der Waals surface area contributed by atoms with E-state index in [9.17, 15) is 4.79 Å². The number of rotatable bonds is 4. The smallest absolute Gasteiger partial charge is 0.242 e. The van der Waals surface area contributed by atoms with Crippen molar-refractivity contribution < 1.29 is 9.53 Å². The summed E-state index contributed by atoms with van der Waals surface area (Å²) in [6.45, 7) is 10.1. The van der Waals surface area contributed by atoms with Gasteiger partial charge in [-0.2, -0.15) is 0 Å². The van der Waals surface area contributed by atoms with Gasteiger partial charge in [0.05, 0.1) is 12.6 Å². The van der Waals surface area contributed by atoms with Gasteiger partial charge in [0, 0.05) is 5.56 Å². The second-order valence-corrected chi connectivity index (χ2v) is 7.93. The van der Waals surface area contributed by atoms with Gasteiger partial charge in [0.25, 0.3) is 0 Å². The molecule has 5 heteroatoms. The van der Waals surface area contributed by atoms with E-state index in [0.29, 0.717) is 5.17 Å². The molecule has 1 aliphatic rings. The molecule has 1 aliphatic heterocycles. The zero-order valence-electron chi connectivity index (χ0n) is 14.1. The number of carbonyl (C=O) groups is 1. The third-order valence-electron chi connectivity index (χ3n) is 4.23. The predicted octanol–water partition coefficient (Wildman–Crippen LogP) is 3.56. The van der Waals surface area contributed by atoms with Gasteiger partial charge in [-0.15, -0.1) is 0 Å². The lowest BCUT2D eigenvalue weighted by atomic mass is 9.94. The summed E-state index contributed by atoms with van der Waals surface area (Å²) in [6, 6.07) is 7.84. The van der Waals surface area contributed by atoms with Crippen LogP contribution in [0, 0.1) is 5.92 Å². The van der Waals surface area contributed by atoms with Gasteiger partial charge in [-0.25, -0.2) is 0 Å². The molecule has 2 rings (SSSR count). The van der Waals surface area contributed by atoms with Crippen LogP contribution in [0.2, 0.25) is 0 Å². The molecule has 0 spiro atoms. The van der Waals surface area contributed by atoms with E-state index in [-0.39, 0.29) is 11.8 Å². The molecule has 1 aromatic carbocycles. The predicted molar refractivity (Wildman–Crippen MR) is 92.4 cm³/mol. The average Bonchev–Trinajstić information content (AvgIpc) is 2.74. The minimum atomic E-state index is -0.482. The number of hydrogen-bond donors (Lipinski definition) is 1. The summed E-state index contributed by atoms with van der Waals surface area (Å²) in [6.07, 6.45) is 0. The van der Waals surface area contributed by atoms with Crippen molar-refractivity contribution >= 4 is 22.8 Å². The zero-order chi connectivity index (χ0) is 16.5. The maximum Gasteiger partial charge on any atom is 0.242 e. The largest absolute Gasteiger partial charge is 0.496 e. The molecule has 1 aromatic rings. The number of amidine groups is 1. The summed E-state index contributed by atoms with van der Waals surface area (Å²) < 4.78 is 4.97. The van der Waals surface area contributed by atoms with Crippen molar-refractivity contribution in [3.63, 3.8) is 0 Å². The lowest BCUT2D eigenvalue weighted by Gasteiger charge is -2.24. The summed E-state index contributed by atoms with van der Waals surface area (Å²) in [7, 11) is 1.66. The number of para-hydroxylation sites is 1. The van der Waals surface area contributed by atoms with Crippen LogP contribution in [-0.2, 0) is 10.3 Å². The number of thioether (sulfide) groups is 1. The number of benzene rings is 1. The summed E-state index contributed by atoms with van der Waals surface area (Å²) in [5, 5.41) is 3.60. The zero-order valence-corrected chi connectivity index (χ0v) is 14.9. The highest BCUT2D eigenvalue weighted by Crippen LogP contribution is 2.40. The molecule has 120 valence electrons. The molecular weight excluding hydrogens is 296 g/mol. The fourth-order valence-electron chi connectivity index (χ4n) is 2.39. The first-order chi connectivity index (χ1) is 10.2. The summed E-state index contributed by atoms with van der Waals surface area (Å²) in [5.41, 5.74) is 0.516. The summed E-state index contributed by atoms with van der Waals surface area (Å²) in [5.74, 6) is 1.07. The second-order valence-electron chi connectivity index (χ2n) is 6.49. The molecule has 0 radical (unpaired) electrons. The Morgan fingerprint density at radius 2 is 1.95 bits per heavy atom. The lowest BCUT2D eigenvalue weighted by Crippen LogP contribution is -2.38. The molecule has 4 nitrogen and oxygen atoms in total. The summed E-state index contributed by atoms with van der Waals surface area (Å²) >= 11 is 1.51. The van der Waals surface area contributed by atoms with Crippen molar-refractivity contribution in [2.75, 3.05) is 7.11 Å². The normalized spacial score (nSPS) is 24.0. The van der Waals surface area contributed by atoms with Gasteiger partial charge in [-0.05, 0) is 32.8 Å². The quantitative estimate of drug-likeness (QED) is 0.923. The minimum absolute atomic E-state index is 0.0297. The molecule has 0 aromatic heterocycles. The average molecular weight is 320 g/mol. The van der Waals surface area contributed by atoms with E-state index in [1.807, 2.05) is 45.0 Å². The molecule has 0 aliphatic carbocycles. The molecule has 0 bridgehead atoms. The van der Waals surface area contributed by atoms with Gasteiger partial charge in [0.2, 0.25) is 5.91 Å². The molecule has 1 amide bonds. The number of carbonyl (C=O) groups excluding carboxylic acids is 1. The first-order valence-electron chi connectivity index (χ1n) is 7.44. The lowest BCUT2D eigenvalue weighted by molar-refractivity contribution is -0.122. The number of nitrogens with zero attached hydrogens (tertiary/aromatic N) is 1. The number of methoxy groups -OCH3 is 1. The van der Waals surface area contributed by atoms with E-state index < -0.39 is 10.3 Å². The number of ether oxygens (including phenoxy) is 1. The fraction of sp³-hybridized carbons (Fsp3) is 0.529. The maximum atomic E-state index is 12.3. The van der Waals surface area contributed by atoms with Gasteiger partial charge in [-0.1, -0.05) is 43.8 Å². The van der Waals surface area contributed by atoms with Crippen LogP contribution in [0.1, 0.15) is 40.2 Å². The number of nitrogens with one attached hydrogen (secondary N) is 1. The van der Waals surface area contributed by atoms with Gasteiger partial charge in [-0.3, -0.25) is 9.79 Å². The highest BCUT2D eigenvalue weighted by atomic mass is 32.2. The molecule has 1 unspecified atom stereocenters. The monoisotopic (exact) mass is 320 g/mol. The molecule has 1 atom stereocenters. The Kier molecular flexibility index (Phi) is 4.57. The third-order valence-corrected chi connectivity index (χ3v) is 5.70. The molecule has 0 saturated carbocycles. The first kappa shape index (κ1) is 16.9. The fourth-order valence-corrected chi connectivity index (χ4v) is 3.59. The van der Waals surface area contributed by atoms with E-state index in [4.69, 9.17) is 9.73 Å². The topological polar surface area (TPSA) is 50.7 Å². The standard InChI is InChI=1S/C17H24N2O2S/c1-11(2)17(5)14(20)18-15(22-17)19-16(3,4)12-9-7-8-10-13(12)21-6/h7-11H,1-6H3,(H,18,19,20). The number of aliphatic imine (C=N–C) groups is 1. The van der Waals surface area contributed by atoms with Gasteiger partial charge >= 0.3 is 0 Å². The Morgan fingerprint density at radius 3 is 2.50 bits per heavy atom. The van der Waals surface area contributed by atoms with E-state index in [2.05, 4.69) is 19.2 Å². The molecule has 1 saturated heterocycles. The van der Waals surface area contributed by atoms with E-state index in [1.54, 1.807) is 7.11 Å². The van der Waals surface area contributed by atoms with Crippen LogP contribution >= 0.6 is 11.8 Å². The Balaban J connectivity index is 2.34. The Morgan fingerprint density at radius 1 is 1.32 bits per heavy atom. The van der Waals surface area contributed by atoms with Crippen LogP contribution in [0.4, 0.5) is 0 Å². The van der Waals surface area contributed by atoms with E-state index in [1.165, 1.54) is 11.8 Å². The van der Waals surface area contributed by atoms with Crippen LogP contribution in [0.5, 0.6) is 5.75 Å². The van der Waals surface area contributed by atoms with Gasteiger partial charge < -0.3 is 10.1 Å². The Bertz CT molecular complexity index is 610. The number of amides is 1. The van der Waals surface area contributed by atoms with Crippen molar-refractivity contribution in [1.29, 1.82) is 0 Å². The van der Waals surface area contributed by atoms with E-state index >= 15 is 0 Å². The molecule has 1 fully saturated rings. The van der Waals surface area contributed by atoms with Gasteiger partial charge in [0.1, 0.15) is 10.5 Å². The molecular formula is C17H24N2O2S. The summed E-state index contributed by atoms with van der Waals surface area (Å²) in [4.78, 5) is 17.0. The van der Waals surface area contributed by atoms with Crippen molar-refractivity contribution in [3.8, 4) is 5.75 Å². The third kappa shape index (κ3) is 3.00. The Hall–Kier alpha value is -1.49. The highest BCUT2D eigenvalue weighted by molar-refractivity contribution is 8.16. The van der Waals surface area contributed by atoms with Crippen molar-refractivity contribution in [2.45, 2.75) is 44.9 Å². The van der Waals surface area contributed by atoms with Crippen LogP contribution in [-0.4, -0.2) is 22.9 Å². The first-order valence-corrected chi connectivity index (χ1v) is 8.26. The van der Waals surface area contributed by atoms with Crippen LogP contribution in [0.15, 0.2) is 29.3 Å². The van der Waals surface area contributed by atoms with Gasteiger partial charge in [0.15, 0.2) is 5.17 Å². The molecule has 1 heterocycles.